The van der Waals surface area contributed by atoms with Crippen LogP contribution in [-0.2, 0) is 31.9 Å². The second-order valence-electron chi connectivity index (χ2n) is 7.34. The Hall–Kier alpha value is -2.87. The fourth-order valence-electron chi connectivity index (χ4n) is 3.18. The summed E-state index contributed by atoms with van der Waals surface area (Å²) >= 11 is 6.14. The van der Waals surface area contributed by atoms with E-state index in [2.05, 4.69) is 48.4 Å². The summed E-state index contributed by atoms with van der Waals surface area (Å²) in [6, 6.07) is 8.32. The van der Waals surface area contributed by atoms with E-state index in [0.717, 1.165) is 10.1 Å². The summed E-state index contributed by atoms with van der Waals surface area (Å²) in [5, 5.41) is 2.82. The Balaban J connectivity index is 1.71. The number of hydrogen-bond donors (Lipinski definition) is 1. The minimum Gasteiger partial charge on any atom is -0.354 e. The molecule has 0 aliphatic rings. The fourth-order valence-corrected chi connectivity index (χ4v) is 3.40. The van der Waals surface area contributed by atoms with Crippen molar-refractivity contribution in [2.24, 2.45) is 14.1 Å². The van der Waals surface area contributed by atoms with E-state index in [-0.39, 0.29) is 28.9 Å². The monoisotopic (exact) mass is 417 g/mol. The molecule has 0 saturated heterocycles. The summed E-state index contributed by atoms with van der Waals surface area (Å²) < 4.78 is 3.53. The zero-order valence-electron chi connectivity index (χ0n) is 16.9. The molecule has 0 aliphatic heterocycles. The second kappa shape index (κ2) is 8.24. The predicted molar refractivity (Wildman–Crippen MR) is 112 cm³/mol. The standard InChI is InChI=1S/C20H24ClN5O3/c1-12(2)14-7-5-13(6-8-14)9-10-22-15(27)11-26-16-17(23-19(26)21)24(3)20(29)25(4)18(16)28/h5-8,12H,9-11H2,1-4H3,(H,22,27). The Morgan fingerprint density at radius 1 is 1.14 bits per heavy atom. The van der Waals surface area contributed by atoms with Gasteiger partial charge in [0.15, 0.2) is 11.2 Å². The lowest BCUT2D eigenvalue weighted by molar-refractivity contribution is -0.121. The van der Waals surface area contributed by atoms with Crippen molar-refractivity contribution < 1.29 is 4.79 Å². The quantitative estimate of drug-likeness (QED) is 0.616. The second-order valence-corrected chi connectivity index (χ2v) is 7.68. The van der Waals surface area contributed by atoms with Crippen LogP contribution >= 0.6 is 11.6 Å². The molecule has 0 unspecified atom stereocenters. The van der Waals surface area contributed by atoms with E-state index >= 15 is 0 Å². The van der Waals surface area contributed by atoms with Gasteiger partial charge in [0.1, 0.15) is 6.54 Å². The third-order valence-corrected chi connectivity index (χ3v) is 5.27. The number of carbonyl (C=O) groups excluding carboxylic acids is 1. The van der Waals surface area contributed by atoms with E-state index in [1.807, 2.05) is 0 Å². The van der Waals surface area contributed by atoms with Crippen LogP contribution in [0.5, 0.6) is 0 Å². The van der Waals surface area contributed by atoms with Crippen molar-refractivity contribution in [2.45, 2.75) is 32.7 Å². The number of fused-ring (bicyclic) bond motifs is 1. The Morgan fingerprint density at radius 3 is 2.41 bits per heavy atom. The number of imidazole rings is 1. The van der Waals surface area contributed by atoms with Crippen molar-refractivity contribution in [1.29, 1.82) is 0 Å². The molecule has 3 aromatic rings. The third-order valence-electron chi connectivity index (χ3n) is 4.99. The van der Waals surface area contributed by atoms with Crippen LogP contribution in [0.15, 0.2) is 33.9 Å². The minimum absolute atomic E-state index is 0.0160. The van der Waals surface area contributed by atoms with Crippen molar-refractivity contribution in [3.8, 4) is 0 Å². The van der Waals surface area contributed by atoms with E-state index in [0.29, 0.717) is 18.9 Å². The molecule has 29 heavy (non-hydrogen) atoms. The van der Waals surface area contributed by atoms with Gasteiger partial charge in [0.25, 0.3) is 5.56 Å². The Bertz CT molecular complexity index is 1170. The fraction of sp³-hybridized carbons (Fsp3) is 0.400. The zero-order valence-corrected chi connectivity index (χ0v) is 17.7. The van der Waals surface area contributed by atoms with E-state index in [9.17, 15) is 14.4 Å². The molecule has 0 spiro atoms. The van der Waals surface area contributed by atoms with Crippen molar-refractivity contribution in [2.75, 3.05) is 6.54 Å². The summed E-state index contributed by atoms with van der Waals surface area (Å²) in [5.74, 6) is 0.187. The zero-order chi connectivity index (χ0) is 21.3. The molecule has 8 nitrogen and oxygen atoms in total. The van der Waals surface area contributed by atoms with Gasteiger partial charge in [-0.2, -0.15) is 4.98 Å². The van der Waals surface area contributed by atoms with Gasteiger partial charge in [-0.3, -0.25) is 23.3 Å². The smallest absolute Gasteiger partial charge is 0.332 e. The van der Waals surface area contributed by atoms with Crippen LogP contribution < -0.4 is 16.6 Å². The maximum Gasteiger partial charge on any atom is 0.332 e. The van der Waals surface area contributed by atoms with Gasteiger partial charge in [0.2, 0.25) is 11.2 Å². The minimum atomic E-state index is -0.541. The molecule has 0 fully saturated rings. The van der Waals surface area contributed by atoms with Crippen molar-refractivity contribution in [1.82, 2.24) is 24.0 Å². The highest BCUT2D eigenvalue weighted by molar-refractivity contribution is 6.29. The highest BCUT2D eigenvalue weighted by Crippen LogP contribution is 2.16. The predicted octanol–water partition coefficient (Wildman–Crippen LogP) is 1.57. The van der Waals surface area contributed by atoms with E-state index in [1.54, 1.807) is 0 Å². The first-order valence-electron chi connectivity index (χ1n) is 9.38. The lowest BCUT2D eigenvalue weighted by atomic mass is 10.0. The molecule has 2 heterocycles. The third kappa shape index (κ3) is 4.12. The normalized spacial score (nSPS) is 11.4. The number of nitrogens with one attached hydrogen (secondary N) is 1. The van der Waals surface area contributed by atoms with Crippen LogP contribution in [0.1, 0.15) is 30.9 Å². The van der Waals surface area contributed by atoms with Crippen LogP contribution in [0.2, 0.25) is 5.28 Å². The highest BCUT2D eigenvalue weighted by Gasteiger charge is 2.19. The first kappa shape index (κ1) is 20.9. The summed E-state index contributed by atoms with van der Waals surface area (Å²) in [4.78, 5) is 41.0. The van der Waals surface area contributed by atoms with Gasteiger partial charge < -0.3 is 5.32 Å². The molecule has 1 amide bonds. The van der Waals surface area contributed by atoms with Crippen LogP contribution in [0.25, 0.3) is 11.2 Å². The van der Waals surface area contributed by atoms with Crippen LogP contribution in [-0.4, -0.2) is 31.1 Å². The molecule has 0 radical (unpaired) electrons. The number of amides is 1. The van der Waals surface area contributed by atoms with Gasteiger partial charge in [-0.05, 0) is 35.1 Å². The number of rotatable bonds is 6. The molecular formula is C20H24ClN5O3. The molecule has 9 heteroatoms. The van der Waals surface area contributed by atoms with E-state index < -0.39 is 11.2 Å². The van der Waals surface area contributed by atoms with Gasteiger partial charge in [-0.15, -0.1) is 0 Å². The van der Waals surface area contributed by atoms with Gasteiger partial charge in [-0.25, -0.2) is 4.79 Å². The highest BCUT2D eigenvalue weighted by atomic mass is 35.5. The topological polar surface area (TPSA) is 90.9 Å². The summed E-state index contributed by atoms with van der Waals surface area (Å²) in [5.41, 5.74) is 1.64. The summed E-state index contributed by atoms with van der Waals surface area (Å²) in [6.45, 7) is 4.59. The number of benzene rings is 1. The van der Waals surface area contributed by atoms with Gasteiger partial charge >= 0.3 is 5.69 Å². The van der Waals surface area contributed by atoms with Crippen LogP contribution in [0.4, 0.5) is 0 Å². The summed E-state index contributed by atoms with van der Waals surface area (Å²) in [6.07, 6.45) is 0.693. The van der Waals surface area contributed by atoms with E-state index in [4.69, 9.17) is 11.6 Å². The lowest BCUT2D eigenvalue weighted by Gasteiger charge is -2.09. The average molecular weight is 418 g/mol. The van der Waals surface area contributed by atoms with Gasteiger partial charge in [0.05, 0.1) is 0 Å². The maximum atomic E-state index is 12.5. The number of nitrogens with zero attached hydrogens (tertiary/aromatic N) is 4. The lowest BCUT2D eigenvalue weighted by Crippen LogP contribution is -2.38. The molecule has 3 rings (SSSR count). The largest absolute Gasteiger partial charge is 0.354 e. The Morgan fingerprint density at radius 2 is 1.79 bits per heavy atom. The molecule has 1 N–H and O–H groups in total. The number of halogens is 1. The summed E-state index contributed by atoms with van der Waals surface area (Å²) in [7, 11) is 2.88. The van der Waals surface area contributed by atoms with Crippen molar-refractivity contribution >= 4 is 28.7 Å². The van der Waals surface area contributed by atoms with Crippen LogP contribution in [0, 0.1) is 0 Å². The molecule has 0 aliphatic carbocycles. The molecule has 2 aromatic heterocycles. The Labute approximate surface area is 172 Å². The van der Waals surface area contributed by atoms with Gasteiger partial charge in [-0.1, -0.05) is 38.1 Å². The number of aryl methyl sites for hydroxylation is 1. The molecular weight excluding hydrogens is 394 g/mol. The maximum absolute atomic E-state index is 12.5. The molecule has 0 bridgehead atoms. The SMILES string of the molecule is CC(C)c1ccc(CCNC(=O)Cn2c(Cl)nc3c2c(=O)n(C)c(=O)n3C)cc1. The Kier molecular flexibility index (Phi) is 5.93. The first-order valence-corrected chi connectivity index (χ1v) is 9.75. The van der Waals surface area contributed by atoms with Crippen molar-refractivity contribution in [3.05, 3.63) is 61.5 Å². The van der Waals surface area contributed by atoms with Crippen LogP contribution in [0.3, 0.4) is 0 Å². The molecule has 0 atom stereocenters. The van der Waals surface area contributed by atoms with Crippen molar-refractivity contribution in [3.63, 3.8) is 0 Å². The molecule has 1 aromatic carbocycles. The molecule has 0 saturated carbocycles. The first-order chi connectivity index (χ1) is 13.7. The number of aromatic nitrogens is 4. The number of hydrogen-bond acceptors (Lipinski definition) is 4. The number of carbonyl (C=O) groups is 1. The molecule has 154 valence electrons. The van der Waals surface area contributed by atoms with Gasteiger partial charge in [0, 0.05) is 20.6 Å². The average Bonchev–Trinajstić information content (AvgIpc) is 3.01. The van der Waals surface area contributed by atoms with E-state index in [1.165, 1.54) is 28.8 Å².